The second-order valence-corrected chi connectivity index (χ2v) is 5.70. The molecule has 1 saturated heterocycles. The molecule has 1 aromatic heterocycles. The first kappa shape index (κ1) is 13.7. The molecule has 2 rings (SSSR count). The summed E-state index contributed by atoms with van der Waals surface area (Å²) in [7, 11) is 0. The summed E-state index contributed by atoms with van der Waals surface area (Å²) in [6, 6.07) is 0. The van der Waals surface area contributed by atoms with E-state index < -0.39 is 0 Å². The standard InChI is InChI=1S/C10H14IN5OS/c11-8-9(13-6-14-10(8)17)16-3-1-15(2-4-16)5-7(12)18/h6H,1-5H2,(H2,12,18)(H,13,14,17). The third-order valence-electron chi connectivity index (χ3n) is 2.83. The summed E-state index contributed by atoms with van der Waals surface area (Å²) >= 11 is 6.93. The largest absolute Gasteiger partial charge is 0.392 e. The van der Waals surface area contributed by atoms with Crippen molar-refractivity contribution in [2.75, 3.05) is 37.6 Å². The van der Waals surface area contributed by atoms with Crippen LogP contribution < -0.4 is 16.2 Å². The van der Waals surface area contributed by atoms with E-state index in [9.17, 15) is 4.79 Å². The number of hydrogen-bond donors (Lipinski definition) is 2. The number of nitrogens with two attached hydrogens (primary N) is 1. The van der Waals surface area contributed by atoms with Crippen molar-refractivity contribution in [1.82, 2.24) is 14.9 Å². The van der Waals surface area contributed by atoms with Gasteiger partial charge in [0, 0.05) is 32.7 Å². The molecule has 0 spiro atoms. The van der Waals surface area contributed by atoms with Gasteiger partial charge in [-0.15, -0.1) is 0 Å². The second kappa shape index (κ2) is 5.93. The Morgan fingerprint density at radius 2 is 2.17 bits per heavy atom. The number of rotatable bonds is 3. The number of H-pyrrole nitrogens is 1. The molecule has 0 atom stereocenters. The predicted molar refractivity (Wildman–Crippen MR) is 83.0 cm³/mol. The summed E-state index contributed by atoms with van der Waals surface area (Å²) in [6.07, 6.45) is 1.45. The van der Waals surface area contributed by atoms with E-state index in [2.05, 4.69) is 19.8 Å². The van der Waals surface area contributed by atoms with Crippen molar-refractivity contribution in [3.8, 4) is 0 Å². The highest BCUT2D eigenvalue weighted by Gasteiger charge is 2.20. The Kier molecular flexibility index (Phi) is 4.51. The number of aromatic nitrogens is 2. The summed E-state index contributed by atoms with van der Waals surface area (Å²) in [4.78, 5) is 23.2. The van der Waals surface area contributed by atoms with Gasteiger partial charge in [0.2, 0.25) is 0 Å². The minimum Gasteiger partial charge on any atom is -0.392 e. The van der Waals surface area contributed by atoms with E-state index in [0.29, 0.717) is 15.1 Å². The van der Waals surface area contributed by atoms with Gasteiger partial charge in [-0.1, -0.05) is 12.2 Å². The fraction of sp³-hybridized carbons (Fsp3) is 0.500. The summed E-state index contributed by atoms with van der Waals surface area (Å²) < 4.78 is 0.637. The number of anilines is 1. The van der Waals surface area contributed by atoms with Crippen molar-refractivity contribution >= 4 is 45.6 Å². The molecule has 0 radical (unpaired) electrons. The molecule has 0 saturated carbocycles. The van der Waals surface area contributed by atoms with Gasteiger partial charge < -0.3 is 15.6 Å². The molecule has 18 heavy (non-hydrogen) atoms. The normalized spacial score (nSPS) is 16.8. The lowest BCUT2D eigenvalue weighted by atomic mass is 10.3. The molecule has 8 heteroatoms. The van der Waals surface area contributed by atoms with Crippen molar-refractivity contribution in [2.24, 2.45) is 5.73 Å². The average molecular weight is 379 g/mol. The SMILES string of the molecule is NC(=S)CN1CCN(c2nc[nH]c(=O)c2I)CC1. The van der Waals surface area contributed by atoms with Crippen LogP contribution >= 0.6 is 34.8 Å². The number of hydrogen-bond acceptors (Lipinski definition) is 5. The van der Waals surface area contributed by atoms with E-state index in [0.717, 1.165) is 32.0 Å². The molecule has 0 amide bonds. The van der Waals surface area contributed by atoms with Gasteiger partial charge in [0.1, 0.15) is 9.39 Å². The monoisotopic (exact) mass is 379 g/mol. The molecule has 1 aromatic rings. The van der Waals surface area contributed by atoms with E-state index in [-0.39, 0.29) is 5.56 Å². The molecule has 1 fully saturated rings. The van der Waals surface area contributed by atoms with Crippen LogP contribution in [0.25, 0.3) is 0 Å². The Hall–Kier alpha value is -0.740. The summed E-state index contributed by atoms with van der Waals surface area (Å²) in [6.45, 7) is 4.07. The smallest absolute Gasteiger partial charge is 0.266 e. The molecule has 1 aliphatic rings. The summed E-state index contributed by atoms with van der Waals surface area (Å²) in [5, 5.41) is 0. The van der Waals surface area contributed by atoms with Crippen molar-refractivity contribution in [3.05, 3.63) is 20.3 Å². The van der Waals surface area contributed by atoms with Gasteiger partial charge in [0.25, 0.3) is 5.56 Å². The first-order chi connectivity index (χ1) is 8.58. The molecule has 0 aliphatic carbocycles. The third-order valence-corrected chi connectivity index (χ3v) is 3.93. The number of halogens is 1. The van der Waals surface area contributed by atoms with Gasteiger partial charge in [-0.3, -0.25) is 9.69 Å². The lowest BCUT2D eigenvalue weighted by molar-refractivity contribution is 0.291. The molecule has 0 unspecified atom stereocenters. The van der Waals surface area contributed by atoms with E-state index in [1.165, 1.54) is 6.33 Å². The van der Waals surface area contributed by atoms with E-state index >= 15 is 0 Å². The molecule has 3 N–H and O–H groups in total. The molecule has 6 nitrogen and oxygen atoms in total. The molecule has 98 valence electrons. The third kappa shape index (κ3) is 3.18. The lowest BCUT2D eigenvalue weighted by Crippen LogP contribution is -2.49. The maximum atomic E-state index is 11.5. The second-order valence-electron chi connectivity index (χ2n) is 4.10. The Balaban J connectivity index is 2.03. The maximum absolute atomic E-state index is 11.5. The number of piperazine rings is 1. The topological polar surface area (TPSA) is 78.2 Å². The van der Waals surface area contributed by atoms with Crippen LogP contribution in [0.3, 0.4) is 0 Å². The fourth-order valence-electron chi connectivity index (χ4n) is 1.93. The van der Waals surface area contributed by atoms with Gasteiger partial charge in [0.15, 0.2) is 0 Å². The van der Waals surface area contributed by atoms with Crippen molar-refractivity contribution in [2.45, 2.75) is 0 Å². The first-order valence-electron chi connectivity index (χ1n) is 5.56. The predicted octanol–water partition coefficient (Wildman–Crippen LogP) is -0.217. The minimum absolute atomic E-state index is 0.0915. The quantitative estimate of drug-likeness (QED) is 0.559. The van der Waals surface area contributed by atoms with E-state index in [4.69, 9.17) is 18.0 Å². The van der Waals surface area contributed by atoms with E-state index in [1.807, 2.05) is 22.6 Å². The molecule has 0 aromatic carbocycles. The highest BCUT2D eigenvalue weighted by Crippen LogP contribution is 2.17. The van der Waals surface area contributed by atoms with Gasteiger partial charge >= 0.3 is 0 Å². The molecule has 2 heterocycles. The molecular formula is C10H14IN5OS. The van der Waals surface area contributed by atoms with Crippen LogP contribution in [0.2, 0.25) is 0 Å². The summed E-state index contributed by atoms with van der Waals surface area (Å²) in [5.41, 5.74) is 5.44. The van der Waals surface area contributed by atoms with Crippen LogP contribution in [0.5, 0.6) is 0 Å². The highest BCUT2D eigenvalue weighted by atomic mass is 127. The van der Waals surface area contributed by atoms with Crippen molar-refractivity contribution in [1.29, 1.82) is 0 Å². The van der Waals surface area contributed by atoms with Gasteiger partial charge in [-0.2, -0.15) is 0 Å². The zero-order chi connectivity index (χ0) is 13.1. The maximum Gasteiger partial charge on any atom is 0.266 e. The van der Waals surface area contributed by atoms with Gasteiger partial charge in [-0.05, 0) is 22.6 Å². The highest BCUT2D eigenvalue weighted by molar-refractivity contribution is 14.1. The zero-order valence-electron chi connectivity index (χ0n) is 9.73. The van der Waals surface area contributed by atoms with Crippen LogP contribution in [0.15, 0.2) is 11.1 Å². The number of nitrogens with one attached hydrogen (secondary N) is 1. The Morgan fingerprint density at radius 1 is 1.50 bits per heavy atom. The van der Waals surface area contributed by atoms with Crippen molar-refractivity contribution in [3.63, 3.8) is 0 Å². The Morgan fingerprint density at radius 3 is 2.78 bits per heavy atom. The van der Waals surface area contributed by atoms with Crippen LogP contribution in [-0.4, -0.2) is 52.6 Å². The van der Waals surface area contributed by atoms with Crippen LogP contribution in [0, 0.1) is 3.57 Å². The lowest BCUT2D eigenvalue weighted by Gasteiger charge is -2.35. The Labute approximate surface area is 124 Å². The number of thiocarbonyl (C=S) groups is 1. The molecule has 1 aliphatic heterocycles. The van der Waals surface area contributed by atoms with Gasteiger partial charge in [-0.25, -0.2) is 4.98 Å². The molecular weight excluding hydrogens is 365 g/mol. The van der Waals surface area contributed by atoms with Crippen LogP contribution in [0.1, 0.15) is 0 Å². The molecule has 0 bridgehead atoms. The zero-order valence-corrected chi connectivity index (χ0v) is 12.7. The summed E-state index contributed by atoms with van der Waals surface area (Å²) in [5.74, 6) is 0.759. The number of aromatic amines is 1. The average Bonchev–Trinajstić information content (AvgIpc) is 2.33. The van der Waals surface area contributed by atoms with Gasteiger partial charge in [0.05, 0.1) is 11.3 Å². The van der Waals surface area contributed by atoms with E-state index in [1.54, 1.807) is 0 Å². The fourth-order valence-corrected chi connectivity index (χ4v) is 2.75. The van der Waals surface area contributed by atoms with Crippen LogP contribution in [-0.2, 0) is 0 Å². The van der Waals surface area contributed by atoms with Crippen LogP contribution in [0.4, 0.5) is 5.82 Å². The Bertz CT molecular complexity index is 497. The number of nitrogens with zero attached hydrogens (tertiary/aromatic N) is 3. The minimum atomic E-state index is -0.0915. The van der Waals surface area contributed by atoms with Crippen molar-refractivity contribution < 1.29 is 0 Å². The first-order valence-corrected chi connectivity index (χ1v) is 7.05.